The fourth-order valence-electron chi connectivity index (χ4n) is 2.76. The van der Waals surface area contributed by atoms with E-state index in [1.165, 1.54) is 7.11 Å². The molecule has 0 spiro atoms. The van der Waals surface area contributed by atoms with E-state index in [2.05, 4.69) is 10.1 Å². The number of esters is 1. The lowest BCUT2D eigenvalue weighted by Crippen LogP contribution is -2.42. The highest BCUT2D eigenvalue weighted by Crippen LogP contribution is 2.21. The molecule has 1 heterocycles. The molecule has 0 aliphatic heterocycles. The van der Waals surface area contributed by atoms with Gasteiger partial charge < -0.3 is 20.4 Å². The number of carbonyl (C=O) groups is 2. The molecule has 1 unspecified atom stereocenters. The van der Waals surface area contributed by atoms with Gasteiger partial charge in [0.1, 0.15) is 0 Å². The van der Waals surface area contributed by atoms with Gasteiger partial charge in [0, 0.05) is 37.1 Å². The Morgan fingerprint density at radius 3 is 2.79 bits per heavy atom. The van der Waals surface area contributed by atoms with Crippen LogP contribution in [0.15, 0.2) is 30.5 Å². The van der Waals surface area contributed by atoms with Crippen molar-refractivity contribution in [3.8, 4) is 0 Å². The van der Waals surface area contributed by atoms with Crippen molar-refractivity contribution < 1.29 is 14.3 Å². The first-order valence-electron chi connectivity index (χ1n) is 8.16. The summed E-state index contributed by atoms with van der Waals surface area (Å²) >= 11 is 0. The normalized spacial score (nSPS) is 12.1. The average molecular weight is 331 g/mol. The van der Waals surface area contributed by atoms with Crippen LogP contribution in [-0.4, -0.2) is 36.1 Å². The zero-order valence-electron chi connectivity index (χ0n) is 14.2. The van der Waals surface area contributed by atoms with Crippen LogP contribution in [0.4, 0.5) is 0 Å². The van der Waals surface area contributed by atoms with Crippen molar-refractivity contribution in [1.82, 2.24) is 9.88 Å². The number of nitrogens with zero attached hydrogens (tertiary/aromatic N) is 1. The number of amides is 1. The third-order valence-corrected chi connectivity index (χ3v) is 4.09. The number of methoxy groups -OCH3 is 1. The second-order valence-corrected chi connectivity index (χ2v) is 5.92. The van der Waals surface area contributed by atoms with Gasteiger partial charge in [0.15, 0.2) is 0 Å². The lowest BCUT2D eigenvalue weighted by atomic mass is 10.1. The molecule has 0 saturated carbocycles. The second-order valence-electron chi connectivity index (χ2n) is 5.92. The highest BCUT2D eigenvalue weighted by atomic mass is 16.5. The van der Waals surface area contributed by atoms with Crippen molar-refractivity contribution in [1.29, 1.82) is 0 Å². The summed E-state index contributed by atoms with van der Waals surface area (Å²) in [6.45, 7) is 0.513. The van der Waals surface area contributed by atoms with E-state index in [-0.39, 0.29) is 11.9 Å². The molecule has 2 aromatic rings. The number of rotatable bonds is 8. The van der Waals surface area contributed by atoms with Crippen LogP contribution in [0.5, 0.6) is 0 Å². The van der Waals surface area contributed by atoms with Crippen molar-refractivity contribution in [2.75, 3.05) is 13.7 Å². The molecule has 0 saturated heterocycles. The second kappa shape index (κ2) is 8.49. The van der Waals surface area contributed by atoms with Gasteiger partial charge >= 0.3 is 5.97 Å². The molecule has 1 atom stereocenters. The maximum absolute atomic E-state index is 12.1. The maximum Gasteiger partial charge on any atom is 0.305 e. The Kier molecular flexibility index (Phi) is 6.37. The van der Waals surface area contributed by atoms with E-state index in [1.807, 2.05) is 42.1 Å². The van der Waals surface area contributed by atoms with Gasteiger partial charge in [-0.15, -0.1) is 0 Å². The SMILES string of the molecule is COC(=O)CCCCNC(=O)C(N)Cc1cn(C)c2ccccc12. The predicted molar refractivity (Wildman–Crippen MR) is 93.5 cm³/mol. The van der Waals surface area contributed by atoms with Crippen LogP contribution in [0.1, 0.15) is 24.8 Å². The number of nitrogens with one attached hydrogen (secondary N) is 1. The minimum absolute atomic E-state index is 0.166. The van der Waals surface area contributed by atoms with E-state index in [0.29, 0.717) is 25.8 Å². The van der Waals surface area contributed by atoms with Crippen molar-refractivity contribution >= 4 is 22.8 Å². The van der Waals surface area contributed by atoms with E-state index in [9.17, 15) is 9.59 Å². The molecule has 0 fully saturated rings. The molecule has 1 amide bonds. The summed E-state index contributed by atoms with van der Waals surface area (Å²) in [6.07, 6.45) is 4.30. The largest absolute Gasteiger partial charge is 0.469 e. The number of carbonyl (C=O) groups excluding carboxylic acids is 2. The highest BCUT2D eigenvalue weighted by molar-refractivity contribution is 5.86. The number of unbranched alkanes of at least 4 members (excludes halogenated alkanes) is 1. The predicted octanol–water partition coefficient (Wildman–Crippen LogP) is 1.51. The quantitative estimate of drug-likeness (QED) is 0.567. The van der Waals surface area contributed by atoms with Gasteiger partial charge in [-0.2, -0.15) is 0 Å². The first-order valence-corrected chi connectivity index (χ1v) is 8.16. The molecule has 0 aliphatic carbocycles. The van der Waals surface area contributed by atoms with Gasteiger partial charge in [0.05, 0.1) is 13.2 Å². The average Bonchev–Trinajstić information content (AvgIpc) is 2.90. The van der Waals surface area contributed by atoms with Gasteiger partial charge in [0.2, 0.25) is 5.91 Å². The Bertz CT molecular complexity index is 709. The minimum atomic E-state index is -0.587. The lowest BCUT2D eigenvalue weighted by molar-refractivity contribution is -0.140. The fraction of sp³-hybridized carbons (Fsp3) is 0.444. The summed E-state index contributed by atoms with van der Waals surface area (Å²) in [6, 6.07) is 7.48. The van der Waals surface area contributed by atoms with Crippen LogP contribution < -0.4 is 11.1 Å². The monoisotopic (exact) mass is 331 g/mol. The molecule has 0 bridgehead atoms. The van der Waals surface area contributed by atoms with E-state index in [0.717, 1.165) is 22.9 Å². The van der Waals surface area contributed by atoms with Gasteiger partial charge in [0.25, 0.3) is 0 Å². The summed E-state index contributed by atoms with van der Waals surface area (Å²) in [5, 5.41) is 3.95. The number of nitrogens with two attached hydrogens (primary N) is 1. The zero-order valence-corrected chi connectivity index (χ0v) is 14.2. The maximum atomic E-state index is 12.1. The molecule has 6 nitrogen and oxygen atoms in total. The van der Waals surface area contributed by atoms with Gasteiger partial charge in [-0.25, -0.2) is 0 Å². The molecule has 6 heteroatoms. The number of benzene rings is 1. The molecule has 1 aromatic heterocycles. The van der Waals surface area contributed by atoms with Crippen LogP contribution in [0, 0.1) is 0 Å². The Balaban J connectivity index is 1.82. The number of aryl methyl sites for hydroxylation is 1. The molecule has 130 valence electrons. The first kappa shape index (κ1) is 18.0. The van der Waals surface area contributed by atoms with Crippen LogP contribution in [0.2, 0.25) is 0 Å². The fourth-order valence-corrected chi connectivity index (χ4v) is 2.76. The van der Waals surface area contributed by atoms with Crippen molar-refractivity contribution in [3.05, 3.63) is 36.0 Å². The standard InChI is InChI=1S/C18H25N3O3/c1-21-12-13(14-7-3-4-8-16(14)21)11-15(19)18(23)20-10-6-5-9-17(22)24-2/h3-4,7-8,12,15H,5-6,9-11,19H2,1-2H3,(H,20,23). The van der Waals surface area contributed by atoms with Gasteiger partial charge in [-0.1, -0.05) is 18.2 Å². The number of hydrogen-bond acceptors (Lipinski definition) is 4. The number of hydrogen-bond donors (Lipinski definition) is 2. The number of fused-ring (bicyclic) bond motifs is 1. The van der Waals surface area contributed by atoms with Gasteiger partial charge in [-0.05, 0) is 30.9 Å². The Hall–Kier alpha value is -2.34. The molecule has 24 heavy (non-hydrogen) atoms. The summed E-state index contributed by atoms with van der Waals surface area (Å²) < 4.78 is 6.62. The third kappa shape index (κ3) is 4.58. The van der Waals surface area contributed by atoms with E-state index < -0.39 is 6.04 Å². The van der Waals surface area contributed by atoms with Gasteiger partial charge in [-0.3, -0.25) is 9.59 Å². The smallest absolute Gasteiger partial charge is 0.305 e. The van der Waals surface area contributed by atoms with Crippen molar-refractivity contribution in [3.63, 3.8) is 0 Å². The third-order valence-electron chi connectivity index (χ3n) is 4.09. The van der Waals surface area contributed by atoms with E-state index >= 15 is 0 Å². The Morgan fingerprint density at radius 2 is 2.04 bits per heavy atom. The number of para-hydroxylation sites is 1. The molecular weight excluding hydrogens is 306 g/mol. The van der Waals surface area contributed by atoms with E-state index in [4.69, 9.17) is 5.73 Å². The summed E-state index contributed by atoms with van der Waals surface area (Å²) in [4.78, 5) is 23.1. The summed E-state index contributed by atoms with van der Waals surface area (Å²) in [5.41, 5.74) is 8.24. The summed E-state index contributed by atoms with van der Waals surface area (Å²) in [5.74, 6) is -0.394. The molecule has 1 aromatic carbocycles. The van der Waals surface area contributed by atoms with Crippen LogP contribution in [0.3, 0.4) is 0 Å². The van der Waals surface area contributed by atoms with E-state index in [1.54, 1.807) is 0 Å². The van der Waals surface area contributed by atoms with Crippen LogP contribution >= 0.6 is 0 Å². The molecule has 3 N–H and O–H groups in total. The van der Waals surface area contributed by atoms with Crippen molar-refractivity contribution in [2.24, 2.45) is 12.8 Å². The summed E-state index contributed by atoms with van der Waals surface area (Å²) in [7, 11) is 3.36. The van der Waals surface area contributed by atoms with Crippen molar-refractivity contribution in [2.45, 2.75) is 31.7 Å². The molecule has 0 aliphatic rings. The number of aromatic nitrogens is 1. The zero-order chi connectivity index (χ0) is 17.5. The minimum Gasteiger partial charge on any atom is -0.469 e. The van der Waals surface area contributed by atoms with Crippen LogP contribution in [-0.2, 0) is 27.8 Å². The Labute approximate surface area is 142 Å². The number of ether oxygens (including phenoxy) is 1. The van der Waals surface area contributed by atoms with Crippen LogP contribution in [0.25, 0.3) is 10.9 Å². The highest BCUT2D eigenvalue weighted by Gasteiger charge is 2.16. The molecule has 0 radical (unpaired) electrons. The lowest BCUT2D eigenvalue weighted by Gasteiger charge is -2.11. The first-order chi connectivity index (χ1) is 11.5. The Morgan fingerprint density at radius 1 is 1.29 bits per heavy atom. The molecule has 2 rings (SSSR count). The molecular formula is C18H25N3O3. The topological polar surface area (TPSA) is 86.3 Å².